The smallest absolute Gasteiger partial charge is 0.0978 e. The molecule has 2 aliphatic heterocycles. The van der Waals surface area contributed by atoms with E-state index in [4.69, 9.17) is 9.47 Å². The highest BCUT2D eigenvalue weighted by Crippen LogP contribution is 2.35. The average Bonchev–Trinajstić information content (AvgIpc) is 2.78. The van der Waals surface area contributed by atoms with Crippen LogP contribution in [0.15, 0.2) is 0 Å². The molecule has 3 heteroatoms. The summed E-state index contributed by atoms with van der Waals surface area (Å²) in [5.41, 5.74) is 0.409. The SMILES string of the molecule is CC1(CSCC2(C)CO2)CO1. The maximum absolute atomic E-state index is 5.27. The Bertz CT molecular complexity index is 143. The second-order valence-corrected chi connectivity index (χ2v) is 4.96. The second kappa shape index (κ2) is 2.38. The molecule has 2 fully saturated rings. The fourth-order valence-electron chi connectivity index (χ4n) is 0.896. The molecule has 0 aromatic heterocycles. The van der Waals surface area contributed by atoms with E-state index < -0.39 is 0 Å². The molecule has 2 unspecified atom stereocenters. The van der Waals surface area contributed by atoms with Crippen LogP contribution in [0.5, 0.6) is 0 Å². The van der Waals surface area contributed by atoms with Gasteiger partial charge >= 0.3 is 0 Å². The van der Waals surface area contributed by atoms with Crippen molar-refractivity contribution in [3.63, 3.8) is 0 Å². The molecule has 0 spiro atoms. The first kappa shape index (κ1) is 7.90. The highest BCUT2D eigenvalue weighted by molar-refractivity contribution is 7.99. The number of hydrogen-bond donors (Lipinski definition) is 0. The fraction of sp³-hybridized carbons (Fsp3) is 1.00. The molecule has 0 amide bonds. The molecule has 0 saturated carbocycles. The lowest BCUT2D eigenvalue weighted by Gasteiger charge is -2.06. The van der Waals surface area contributed by atoms with E-state index in [2.05, 4.69) is 13.8 Å². The van der Waals surface area contributed by atoms with E-state index in [9.17, 15) is 0 Å². The molecule has 0 aromatic rings. The van der Waals surface area contributed by atoms with Gasteiger partial charge in [-0.2, -0.15) is 11.8 Å². The van der Waals surface area contributed by atoms with Crippen LogP contribution >= 0.6 is 11.8 Å². The van der Waals surface area contributed by atoms with Crippen LogP contribution in [-0.2, 0) is 9.47 Å². The molecule has 2 rings (SSSR count). The van der Waals surface area contributed by atoms with Gasteiger partial charge in [-0.15, -0.1) is 0 Å². The monoisotopic (exact) mass is 174 g/mol. The molecule has 0 bridgehead atoms. The molecule has 11 heavy (non-hydrogen) atoms. The van der Waals surface area contributed by atoms with E-state index in [1.54, 1.807) is 0 Å². The number of epoxide rings is 2. The number of hydrogen-bond acceptors (Lipinski definition) is 3. The maximum atomic E-state index is 5.27. The molecule has 0 aliphatic carbocycles. The van der Waals surface area contributed by atoms with Crippen molar-refractivity contribution in [3.05, 3.63) is 0 Å². The van der Waals surface area contributed by atoms with Crippen LogP contribution < -0.4 is 0 Å². The standard InChI is InChI=1S/C8H14O2S/c1-7(3-9-7)5-11-6-8(2)4-10-8/h3-6H2,1-2H3. The van der Waals surface area contributed by atoms with Crippen LogP contribution in [0.25, 0.3) is 0 Å². The summed E-state index contributed by atoms with van der Waals surface area (Å²) < 4.78 is 10.5. The summed E-state index contributed by atoms with van der Waals surface area (Å²) in [5, 5.41) is 0. The quantitative estimate of drug-likeness (QED) is 0.601. The van der Waals surface area contributed by atoms with Gasteiger partial charge in [0, 0.05) is 11.5 Å². The van der Waals surface area contributed by atoms with Gasteiger partial charge in [-0.25, -0.2) is 0 Å². The van der Waals surface area contributed by atoms with Crippen molar-refractivity contribution in [2.45, 2.75) is 25.0 Å². The minimum Gasteiger partial charge on any atom is -0.369 e. The Labute approximate surface area is 71.6 Å². The number of ether oxygens (including phenoxy) is 2. The van der Waals surface area contributed by atoms with Crippen molar-refractivity contribution in [2.24, 2.45) is 0 Å². The van der Waals surface area contributed by atoms with Gasteiger partial charge in [0.15, 0.2) is 0 Å². The summed E-state index contributed by atoms with van der Waals surface area (Å²) in [5.74, 6) is 2.23. The molecule has 2 atom stereocenters. The predicted molar refractivity (Wildman–Crippen MR) is 46.0 cm³/mol. The van der Waals surface area contributed by atoms with Crippen molar-refractivity contribution >= 4 is 11.8 Å². The molecule has 0 radical (unpaired) electrons. The summed E-state index contributed by atoms with van der Waals surface area (Å²) in [7, 11) is 0. The van der Waals surface area contributed by atoms with Crippen molar-refractivity contribution in [3.8, 4) is 0 Å². The van der Waals surface area contributed by atoms with Crippen LogP contribution in [0, 0.1) is 0 Å². The lowest BCUT2D eigenvalue weighted by molar-refractivity contribution is 0.343. The molecule has 2 saturated heterocycles. The van der Waals surface area contributed by atoms with E-state index in [-0.39, 0.29) is 11.2 Å². The Morgan fingerprint density at radius 3 is 1.73 bits per heavy atom. The van der Waals surface area contributed by atoms with Gasteiger partial charge in [0.25, 0.3) is 0 Å². The summed E-state index contributed by atoms with van der Waals surface area (Å²) in [6.07, 6.45) is 0. The lowest BCUT2D eigenvalue weighted by Crippen LogP contribution is -2.13. The molecule has 2 heterocycles. The van der Waals surface area contributed by atoms with Crippen molar-refractivity contribution < 1.29 is 9.47 Å². The van der Waals surface area contributed by atoms with Crippen LogP contribution in [0.2, 0.25) is 0 Å². The van der Waals surface area contributed by atoms with Gasteiger partial charge in [-0.1, -0.05) is 0 Å². The van der Waals surface area contributed by atoms with Gasteiger partial charge in [0.1, 0.15) is 0 Å². The van der Waals surface area contributed by atoms with E-state index in [0.717, 1.165) is 24.7 Å². The molecule has 0 aromatic carbocycles. The highest BCUT2D eigenvalue weighted by Gasteiger charge is 2.42. The molecular weight excluding hydrogens is 160 g/mol. The van der Waals surface area contributed by atoms with Gasteiger partial charge in [-0.3, -0.25) is 0 Å². The first-order valence-corrected chi connectivity index (χ1v) is 5.13. The summed E-state index contributed by atoms with van der Waals surface area (Å²) in [4.78, 5) is 0. The van der Waals surface area contributed by atoms with E-state index >= 15 is 0 Å². The van der Waals surface area contributed by atoms with Crippen molar-refractivity contribution in [2.75, 3.05) is 24.7 Å². The number of rotatable bonds is 4. The minimum absolute atomic E-state index is 0.204. The molecule has 2 nitrogen and oxygen atoms in total. The van der Waals surface area contributed by atoms with Gasteiger partial charge < -0.3 is 9.47 Å². The zero-order valence-corrected chi connectivity index (χ0v) is 7.87. The predicted octanol–water partition coefficient (Wildman–Crippen LogP) is 1.30. The third kappa shape index (κ3) is 2.10. The van der Waals surface area contributed by atoms with Crippen molar-refractivity contribution in [1.82, 2.24) is 0 Å². The fourth-order valence-corrected chi connectivity index (χ4v) is 2.19. The van der Waals surface area contributed by atoms with E-state index in [0.29, 0.717) is 0 Å². The summed E-state index contributed by atoms with van der Waals surface area (Å²) >= 11 is 1.94. The van der Waals surface area contributed by atoms with Gasteiger partial charge in [0.05, 0.1) is 24.4 Å². The largest absolute Gasteiger partial charge is 0.369 e. The second-order valence-electron chi connectivity index (χ2n) is 3.97. The highest BCUT2D eigenvalue weighted by atomic mass is 32.2. The van der Waals surface area contributed by atoms with E-state index in [1.807, 2.05) is 11.8 Å². The topological polar surface area (TPSA) is 25.1 Å². The average molecular weight is 174 g/mol. The lowest BCUT2D eigenvalue weighted by atomic mass is 10.2. The zero-order chi connectivity index (χ0) is 7.95. The zero-order valence-electron chi connectivity index (χ0n) is 7.05. The first-order chi connectivity index (χ1) is 5.12. The summed E-state index contributed by atoms with van der Waals surface area (Å²) in [6.45, 7) is 6.21. The third-order valence-electron chi connectivity index (χ3n) is 2.09. The third-order valence-corrected chi connectivity index (χ3v) is 3.72. The Kier molecular flexibility index (Phi) is 1.71. The Balaban J connectivity index is 1.60. The van der Waals surface area contributed by atoms with Crippen LogP contribution in [0.4, 0.5) is 0 Å². The minimum atomic E-state index is 0.204. The van der Waals surface area contributed by atoms with Crippen LogP contribution in [-0.4, -0.2) is 35.9 Å². The van der Waals surface area contributed by atoms with Crippen LogP contribution in [0.3, 0.4) is 0 Å². The number of thioether (sulfide) groups is 1. The molecule has 2 aliphatic rings. The van der Waals surface area contributed by atoms with Crippen LogP contribution in [0.1, 0.15) is 13.8 Å². The Morgan fingerprint density at radius 1 is 1.09 bits per heavy atom. The van der Waals surface area contributed by atoms with Crippen molar-refractivity contribution in [1.29, 1.82) is 0 Å². The molecule has 64 valence electrons. The Hall–Kier alpha value is 0.270. The first-order valence-electron chi connectivity index (χ1n) is 3.98. The maximum Gasteiger partial charge on any atom is 0.0978 e. The van der Waals surface area contributed by atoms with Gasteiger partial charge in [-0.05, 0) is 13.8 Å². The molecule has 0 N–H and O–H groups in total. The Morgan fingerprint density at radius 2 is 1.45 bits per heavy atom. The molecular formula is C8H14O2S. The van der Waals surface area contributed by atoms with Gasteiger partial charge in [0.2, 0.25) is 0 Å². The summed E-state index contributed by atoms with van der Waals surface area (Å²) in [6, 6.07) is 0. The van der Waals surface area contributed by atoms with E-state index in [1.165, 1.54) is 0 Å². The normalized spacial score (nSPS) is 47.5.